The predicted octanol–water partition coefficient (Wildman–Crippen LogP) is 2.84. The Morgan fingerprint density at radius 3 is 2.23 bits per heavy atom. The summed E-state index contributed by atoms with van der Waals surface area (Å²) >= 11 is 0. The zero-order valence-corrected chi connectivity index (χ0v) is 16.0. The second-order valence-electron chi connectivity index (χ2n) is 5.49. The Morgan fingerprint density at radius 2 is 1.65 bits per heavy atom. The normalized spacial score (nSPS) is 11.1. The first kappa shape index (κ1) is 21.6. The number of methoxy groups -OCH3 is 3. The molecule has 1 amide bonds. The molecule has 0 aromatic heterocycles. The van der Waals surface area contributed by atoms with Crippen molar-refractivity contribution in [3.05, 3.63) is 53.6 Å². The number of nitrogens with two attached hydrogens (primary N) is 1. The molecule has 0 aliphatic rings. The van der Waals surface area contributed by atoms with Crippen LogP contribution in [-0.4, -0.2) is 27.2 Å². The third kappa shape index (κ3) is 5.28. The summed E-state index contributed by atoms with van der Waals surface area (Å²) in [5.74, 6) is 1.47. The van der Waals surface area contributed by atoms with Gasteiger partial charge >= 0.3 is 0 Å². The molecule has 2 aromatic rings. The van der Waals surface area contributed by atoms with E-state index in [-0.39, 0.29) is 30.8 Å². The van der Waals surface area contributed by atoms with Crippen LogP contribution in [0.4, 0.5) is 0 Å². The van der Waals surface area contributed by atoms with Gasteiger partial charge in [0.25, 0.3) is 0 Å². The standard InChI is InChI=1S/C19H24N2O4.ClH/c1-23-16-10-9-14(18(24-2)19(16)25-3)12-21-17(22)11-15(20)13-7-5-4-6-8-13;/h4-10,15H,11-12,20H2,1-3H3,(H,21,22);1H. The minimum atomic E-state index is -0.339. The molecule has 0 saturated carbocycles. The van der Waals surface area contributed by atoms with Crippen LogP contribution in [0.25, 0.3) is 0 Å². The molecule has 26 heavy (non-hydrogen) atoms. The highest BCUT2D eigenvalue weighted by molar-refractivity contribution is 5.85. The maximum Gasteiger partial charge on any atom is 0.222 e. The van der Waals surface area contributed by atoms with Gasteiger partial charge in [0.1, 0.15) is 0 Å². The summed E-state index contributed by atoms with van der Waals surface area (Å²) in [5.41, 5.74) is 7.81. The summed E-state index contributed by atoms with van der Waals surface area (Å²) in [7, 11) is 4.65. The number of amides is 1. The molecule has 0 bridgehead atoms. The van der Waals surface area contributed by atoms with Gasteiger partial charge in [-0.2, -0.15) is 0 Å². The first-order valence-corrected chi connectivity index (χ1v) is 7.95. The fraction of sp³-hybridized carbons (Fsp3) is 0.316. The van der Waals surface area contributed by atoms with Gasteiger partial charge in [-0.15, -0.1) is 12.4 Å². The fourth-order valence-electron chi connectivity index (χ4n) is 2.59. The van der Waals surface area contributed by atoms with Gasteiger partial charge in [0.2, 0.25) is 11.7 Å². The molecule has 7 heteroatoms. The highest BCUT2D eigenvalue weighted by atomic mass is 35.5. The van der Waals surface area contributed by atoms with Crippen molar-refractivity contribution in [3.63, 3.8) is 0 Å². The number of hydrogen-bond acceptors (Lipinski definition) is 5. The van der Waals surface area contributed by atoms with Gasteiger partial charge in [-0.25, -0.2) is 0 Å². The summed E-state index contributed by atoms with van der Waals surface area (Å²) in [6.07, 6.45) is 0.208. The van der Waals surface area contributed by atoms with Crippen molar-refractivity contribution in [1.29, 1.82) is 0 Å². The van der Waals surface area contributed by atoms with Gasteiger partial charge in [0.15, 0.2) is 11.5 Å². The Morgan fingerprint density at radius 1 is 1.00 bits per heavy atom. The maximum atomic E-state index is 12.2. The molecule has 2 aromatic carbocycles. The van der Waals surface area contributed by atoms with Crippen LogP contribution in [0.2, 0.25) is 0 Å². The lowest BCUT2D eigenvalue weighted by Gasteiger charge is -2.17. The molecule has 0 saturated heterocycles. The first-order valence-electron chi connectivity index (χ1n) is 7.95. The summed E-state index contributed by atoms with van der Waals surface area (Å²) in [6.45, 7) is 0.309. The van der Waals surface area contributed by atoms with Crippen molar-refractivity contribution < 1.29 is 19.0 Å². The molecule has 0 aliphatic carbocycles. The average molecular weight is 381 g/mol. The quantitative estimate of drug-likeness (QED) is 0.735. The largest absolute Gasteiger partial charge is 0.493 e. The fourth-order valence-corrected chi connectivity index (χ4v) is 2.59. The van der Waals surface area contributed by atoms with Crippen LogP contribution < -0.4 is 25.3 Å². The van der Waals surface area contributed by atoms with Crippen LogP contribution in [0.3, 0.4) is 0 Å². The van der Waals surface area contributed by atoms with Crippen LogP contribution >= 0.6 is 12.4 Å². The van der Waals surface area contributed by atoms with Crippen LogP contribution in [0.5, 0.6) is 17.2 Å². The monoisotopic (exact) mass is 380 g/mol. The molecule has 1 atom stereocenters. The van der Waals surface area contributed by atoms with Crippen molar-refractivity contribution in [1.82, 2.24) is 5.32 Å². The minimum absolute atomic E-state index is 0. The molecule has 0 spiro atoms. The van der Waals surface area contributed by atoms with E-state index in [1.807, 2.05) is 36.4 Å². The van der Waals surface area contributed by atoms with Gasteiger partial charge in [-0.3, -0.25) is 4.79 Å². The van der Waals surface area contributed by atoms with E-state index in [0.717, 1.165) is 11.1 Å². The zero-order valence-electron chi connectivity index (χ0n) is 15.2. The summed E-state index contributed by atoms with van der Waals surface area (Å²) < 4.78 is 16.0. The third-order valence-corrected chi connectivity index (χ3v) is 3.89. The van der Waals surface area contributed by atoms with Gasteiger partial charge in [-0.1, -0.05) is 30.3 Å². The molecule has 0 aliphatic heterocycles. The molecule has 142 valence electrons. The van der Waals surface area contributed by atoms with Crippen LogP contribution in [0, 0.1) is 0 Å². The maximum absolute atomic E-state index is 12.2. The van der Waals surface area contributed by atoms with Gasteiger partial charge < -0.3 is 25.3 Å². The van der Waals surface area contributed by atoms with Crippen molar-refractivity contribution in [2.24, 2.45) is 5.73 Å². The summed E-state index contributed by atoms with van der Waals surface area (Å²) in [5, 5.41) is 2.87. The van der Waals surface area contributed by atoms with Crippen LogP contribution in [0.1, 0.15) is 23.6 Å². The summed E-state index contributed by atoms with van der Waals surface area (Å²) in [6, 6.07) is 12.8. The van der Waals surface area contributed by atoms with E-state index in [1.54, 1.807) is 27.4 Å². The van der Waals surface area contributed by atoms with E-state index in [4.69, 9.17) is 19.9 Å². The van der Waals surface area contributed by atoms with Gasteiger partial charge in [0, 0.05) is 24.6 Å². The Kier molecular flexibility index (Phi) is 8.75. The molecule has 0 heterocycles. The number of hydrogen-bond donors (Lipinski definition) is 2. The molecular formula is C19H25ClN2O4. The van der Waals surface area contributed by atoms with E-state index in [9.17, 15) is 4.79 Å². The van der Waals surface area contributed by atoms with Crippen LogP contribution in [-0.2, 0) is 11.3 Å². The molecular weight excluding hydrogens is 356 g/mol. The Balaban J connectivity index is 0.00000338. The van der Waals surface area contributed by atoms with Crippen molar-refractivity contribution in [2.45, 2.75) is 19.0 Å². The number of benzene rings is 2. The first-order chi connectivity index (χ1) is 12.1. The number of carbonyl (C=O) groups is 1. The number of halogens is 1. The third-order valence-electron chi connectivity index (χ3n) is 3.89. The number of nitrogens with one attached hydrogen (secondary N) is 1. The van der Waals surface area contributed by atoms with E-state index < -0.39 is 0 Å². The Labute approximate surface area is 160 Å². The average Bonchev–Trinajstić information content (AvgIpc) is 2.65. The number of rotatable bonds is 8. The topological polar surface area (TPSA) is 82.8 Å². The second kappa shape index (κ2) is 10.5. The molecule has 1 unspecified atom stereocenters. The van der Waals surface area contributed by atoms with E-state index in [1.165, 1.54) is 0 Å². The van der Waals surface area contributed by atoms with E-state index in [0.29, 0.717) is 23.8 Å². The molecule has 0 fully saturated rings. The van der Waals surface area contributed by atoms with Crippen molar-refractivity contribution in [2.75, 3.05) is 21.3 Å². The summed E-state index contributed by atoms with van der Waals surface area (Å²) in [4.78, 5) is 12.2. The number of ether oxygens (including phenoxy) is 3. The Bertz CT molecular complexity index is 710. The Hall–Kier alpha value is -2.44. The molecule has 2 rings (SSSR count). The molecule has 6 nitrogen and oxygen atoms in total. The van der Waals surface area contributed by atoms with Gasteiger partial charge in [-0.05, 0) is 17.7 Å². The number of carbonyl (C=O) groups excluding carboxylic acids is 1. The van der Waals surface area contributed by atoms with Crippen LogP contribution in [0.15, 0.2) is 42.5 Å². The lowest BCUT2D eigenvalue weighted by atomic mass is 10.0. The van der Waals surface area contributed by atoms with Gasteiger partial charge in [0.05, 0.1) is 21.3 Å². The SMILES string of the molecule is COc1ccc(CNC(=O)CC(N)c2ccccc2)c(OC)c1OC.Cl. The highest BCUT2D eigenvalue weighted by Gasteiger charge is 2.17. The second-order valence-corrected chi connectivity index (χ2v) is 5.49. The zero-order chi connectivity index (χ0) is 18.2. The minimum Gasteiger partial charge on any atom is -0.493 e. The molecule has 3 N–H and O–H groups in total. The lowest BCUT2D eigenvalue weighted by Crippen LogP contribution is -2.27. The predicted molar refractivity (Wildman–Crippen MR) is 103 cm³/mol. The lowest BCUT2D eigenvalue weighted by molar-refractivity contribution is -0.121. The van der Waals surface area contributed by atoms with E-state index >= 15 is 0 Å². The molecule has 0 radical (unpaired) electrons. The van der Waals surface area contributed by atoms with Crippen molar-refractivity contribution >= 4 is 18.3 Å². The smallest absolute Gasteiger partial charge is 0.222 e. The van der Waals surface area contributed by atoms with Crippen molar-refractivity contribution in [3.8, 4) is 17.2 Å². The highest BCUT2D eigenvalue weighted by Crippen LogP contribution is 2.39. The van der Waals surface area contributed by atoms with E-state index in [2.05, 4.69) is 5.32 Å².